The van der Waals surface area contributed by atoms with Crippen molar-refractivity contribution < 1.29 is 9.53 Å². The number of anilines is 1. The van der Waals surface area contributed by atoms with Crippen LogP contribution < -0.4 is 5.32 Å². The number of hydrogen-bond acceptors (Lipinski definition) is 5. The van der Waals surface area contributed by atoms with Crippen LogP contribution in [0.3, 0.4) is 0 Å². The fourth-order valence-corrected chi connectivity index (χ4v) is 3.18. The van der Waals surface area contributed by atoms with Gasteiger partial charge in [0.15, 0.2) is 0 Å². The number of piperidine rings is 1. The summed E-state index contributed by atoms with van der Waals surface area (Å²) in [6.45, 7) is 7.77. The van der Waals surface area contributed by atoms with Gasteiger partial charge in [-0.25, -0.2) is 9.97 Å². The Morgan fingerprint density at radius 1 is 1.56 bits per heavy atom. The van der Waals surface area contributed by atoms with Gasteiger partial charge in [0, 0.05) is 32.3 Å². The molecule has 0 radical (unpaired) electrons. The van der Waals surface area contributed by atoms with Crippen LogP contribution in [0, 0.1) is 0 Å². The van der Waals surface area contributed by atoms with Gasteiger partial charge in [0.25, 0.3) is 0 Å². The minimum Gasteiger partial charge on any atom is -0.376 e. The molecule has 2 unspecified atom stereocenters. The molecule has 0 aromatic carbocycles. The lowest BCUT2D eigenvalue weighted by atomic mass is 10.0. The van der Waals surface area contributed by atoms with Crippen LogP contribution in [0.5, 0.6) is 0 Å². The van der Waals surface area contributed by atoms with E-state index in [0.29, 0.717) is 26.1 Å². The van der Waals surface area contributed by atoms with Crippen LogP contribution in [0.25, 0.3) is 11.0 Å². The molecular weight excluding hydrogens is 318 g/mol. The Hall–Kier alpha value is -2.41. The highest BCUT2D eigenvalue weighted by Crippen LogP contribution is 2.23. The first-order chi connectivity index (χ1) is 12.2. The summed E-state index contributed by atoms with van der Waals surface area (Å²) in [5.41, 5.74) is 0.791. The van der Waals surface area contributed by atoms with E-state index >= 15 is 0 Å². The first kappa shape index (κ1) is 17.4. The van der Waals surface area contributed by atoms with E-state index in [2.05, 4.69) is 33.8 Å². The molecule has 7 heteroatoms. The third kappa shape index (κ3) is 3.99. The predicted octanol–water partition coefficient (Wildman–Crippen LogP) is 2.34. The first-order valence-corrected chi connectivity index (χ1v) is 8.77. The number of rotatable bonds is 7. The van der Waals surface area contributed by atoms with Crippen molar-refractivity contribution in [2.45, 2.75) is 38.3 Å². The lowest BCUT2D eigenvalue weighted by Crippen LogP contribution is -2.53. The van der Waals surface area contributed by atoms with Crippen molar-refractivity contribution in [3.8, 4) is 0 Å². The molecule has 2 atom stereocenters. The summed E-state index contributed by atoms with van der Waals surface area (Å²) < 4.78 is 6.03. The van der Waals surface area contributed by atoms with Crippen LogP contribution >= 0.6 is 0 Å². The highest BCUT2D eigenvalue weighted by atomic mass is 16.5. The third-order valence-corrected chi connectivity index (χ3v) is 4.43. The zero-order chi connectivity index (χ0) is 17.6. The van der Waals surface area contributed by atoms with Gasteiger partial charge in [0.1, 0.15) is 17.8 Å². The summed E-state index contributed by atoms with van der Waals surface area (Å²) >= 11 is 0. The maximum absolute atomic E-state index is 12.2. The van der Waals surface area contributed by atoms with Crippen molar-refractivity contribution in [1.29, 1.82) is 0 Å². The number of aromatic nitrogens is 3. The molecule has 1 aliphatic heterocycles. The average molecular weight is 343 g/mol. The molecule has 1 saturated heterocycles. The number of hydrogen-bond donors (Lipinski definition) is 2. The molecule has 1 amide bonds. The SMILES string of the molecule is C=CCC(=O)N1CCC(OCCC)C(Nc2ncnc3[nH]ccc23)C1. The third-order valence-electron chi connectivity index (χ3n) is 4.43. The van der Waals surface area contributed by atoms with Crippen LogP contribution in [0.1, 0.15) is 26.2 Å². The molecule has 7 nitrogen and oxygen atoms in total. The van der Waals surface area contributed by atoms with Gasteiger partial charge in [0.05, 0.1) is 17.5 Å². The molecule has 3 rings (SSSR count). The zero-order valence-corrected chi connectivity index (χ0v) is 14.6. The second kappa shape index (κ2) is 8.11. The zero-order valence-electron chi connectivity index (χ0n) is 14.6. The van der Waals surface area contributed by atoms with Crippen molar-refractivity contribution in [1.82, 2.24) is 19.9 Å². The lowest BCUT2D eigenvalue weighted by molar-refractivity contribution is -0.133. The molecule has 3 heterocycles. The van der Waals surface area contributed by atoms with E-state index in [4.69, 9.17) is 4.74 Å². The Kier molecular flexibility index (Phi) is 5.65. The molecule has 0 spiro atoms. The number of nitrogens with one attached hydrogen (secondary N) is 2. The Balaban J connectivity index is 1.78. The second-order valence-corrected chi connectivity index (χ2v) is 6.24. The number of amides is 1. The van der Waals surface area contributed by atoms with Crippen molar-refractivity contribution in [3.05, 3.63) is 31.2 Å². The summed E-state index contributed by atoms with van der Waals surface area (Å²) in [5, 5.41) is 4.42. The average Bonchev–Trinajstić information content (AvgIpc) is 3.10. The number of H-pyrrole nitrogens is 1. The number of likely N-dealkylation sites (tertiary alicyclic amines) is 1. The molecule has 2 N–H and O–H groups in total. The van der Waals surface area contributed by atoms with E-state index in [9.17, 15) is 4.79 Å². The maximum Gasteiger partial charge on any atom is 0.226 e. The molecule has 25 heavy (non-hydrogen) atoms. The van der Waals surface area contributed by atoms with E-state index in [1.165, 1.54) is 6.33 Å². The van der Waals surface area contributed by atoms with E-state index in [0.717, 1.165) is 29.7 Å². The van der Waals surface area contributed by atoms with Crippen molar-refractivity contribution in [2.75, 3.05) is 25.0 Å². The standard InChI is InChI=1S/C18H25N5O2/c1-3-5-16(24)23-9-7-15(25-10-4-2)14(11-23)22-18-13-6-8-19-17(13)20-12-21-18/h3,6,8,12,14-15H,1,4-5,7,9-11H2,2H3,(H2,19,20,21,22). The second-order valence-electron chi connectivity index (χ2n) is 6.24. The molecule has 2 aromatic rings. The number of fused-ring (bicyclic) bond motifs is 1. The number of aromatic amines is 1. The van der Waals surface area contributed by atoms with Crippen LogP contribution in [0.2, 0.25) is 0 Å². The fourth-order valence-electron chi connectivity index (χ4n) is 3.18. The molecule has 1 fully saturated rings. The van der Waals surface area contributed by atoms with Crippen molar-refractivity contribution in [3.63, 3.8) is 0 Å². The van der Waals surface area contributed by atoms with Gasteiger partial charge >= 0.3 is 0 Å². The topological polar surface area (TPSA) is 83.1 Å². The summed E-state index contributed by atoms with van der Waals surface area (Å²) in [5.74, 6) is 0.865. The van der Waals surface area contributed by atoms with Crippen LogP contribution in [0.4, 0.5) is 5.82 Å². The largest absolute Gasteiger partial charge is 0.376 e. The smallest absolute Gasteiger partial charge is 0.226 e. The van der Waals surface area contributed by atoms with E-state index in [1.807, 2.05) is 17.2 Å². The van der Waals surface area contributed by atoms with Crippen LogP contribution in [0.15, 0.2) is 31.2 Å². The molecule has 134 valence electrons. The van der Waals surface area contributed by atoms with Gasteiger partial charge in [0.2, 0.25) is 5.91 Å². The molecule has 2 aromatic heterocycles. The number of carbonyl (C=O) groups is 1. The normalized spacial score (nSPS) is 20.6. The Labute approximate surface area is 147 Å². The van der Waals surface area contributed by atoms with Crippen LogP contribution in [-0.2, 0) is 9.53 Å². The highest BCUT2D eigenvalue weighted by molar-refractivity contribution is 5.86. The fraction of sp³-hybridized carbons (Fsp3) is 0.500. The minimum atomic E-state index is -0.0120. The maximum atomic E-state index is 12.2. The molecule has 1 aliphatic rings. The van der Waals surface area contributed by atoms with Crippen LogP contribution in [-0.4, -0.2) is 57.6 Å². The Bertz CT molecular complexity index is 729. The number of carbonyl (C=O) groups excluding carboxylic acids is 1. The molecule has 0 aliphatic carbocycles. The Morgan fingerprint density at radius 2 is 2.44 bits per heavy atom. The molecule has 0 bridgehead atoms. The monoisotopic (exact) mass is 343 g/mol. The van der Waals surface area contributed by atoms with E-state index in [1.54, 1.807) is 6.08 Å². The minimum absolute atomic E-state index is 0.0120. The first-order valence-electron chi connectivity index (χ1n) is 8.77. The van der Waals surface area contributed by atoms with Gasteiger partial charge in [-0.15, -0.1) is 6.58 Å². The van der Waals surface area contributed by atoms with Gasteiger partial charge in [-0.3, -0.25) is 4.79 Å². The quantitative estimate of drug-likeness (QED) is 0.754. The van der Waals surface area contributed by atoms with E-state index in [-0.39, 0.29) is 18.1 Å². The summed E-state index contributed by atoms with van der Waals surface area (Å²) in [7, 11) is 0. The highest BCUT2D eigenvalue weighted by Gasteiger charge is 2.32. The summed E-state index contributed by atoms with van der Waals surface area (Å²) in [4.78, 5) is 25.8. The number of nitrogens with zero attached hydrogens (tertiary/aromatic N) is 3. The van der Waals surface area contributed by atoms with Gasteiger partial charge in [-0.2, -0.15) is 0 Å². The van der Waals surface area contributed by atoms with E-state index < -0.39 is 0 Å². The van der Waals surface area contributed by atoms with Gasteiger partial charge in [-0.05, 0) is 18.9 Å². The van der Waals surface area contributed by atoms with Gasteiger partial charge in [-0.1, -0.05) is 13.0 Å². The molecular formula is C18H25N5O2. The van der Waals surface area contributed by atoms with Gasteiger partial charge < -0.3 is 19.9 Å². The lowest BCUT2D eigenvalue weighted by Gasteiger charge is -2.39. The van der Waals surface area contributed by atoms with Crippen molar-refractivity contribution >= 4 is 22.8 Å². The molecule has 0 saturated carbocycles. The summed E-state index contributed by atoms with van der Waals surface area (Å²) in [6, 6.07) is 1.94. The number of ether oxygens (including phenoxy) is 1. The summed E-state index contributed by atoms with van der Waals surface area (Å²) in [6.07, 6.45) is 7.22. The Morgan fingerprint density at radius 3 is 3.24 bits per heavy atom. The predicted molar refractivity (Wildman–Crippen MR) is 97.3 cm³/mol. The van der Waals surface area contributed by atoms with Crippen molar-refractivity contribution in [2.24, 2.45) is 0 Å².